The third-order valence-corrected chi connectivity index (χ3v) is 3.10. The van der Waals surface area contributed by atoms with Crippen LogP contribution in [0.25, 0.3) is 6.08 Å². The molecule has 0 aromatic carbocycles. The number of aryl methyl sites for hydroxylation is 2. The van der Waals surface area contributed by atoms with Crippen LogP contribution < -0.4 is 4.90 Å². The number of carbonyl (C=O) groups is 1. The highest BCUT2D eigenvalue weighted by molar-refractivity contribution is 5.87. The zero-order chi connectivity index (χ0) is 16.2. The summed E-state index contributed by atoms with van der Waals surface area (Å²) in [5, 5.41) is 13.3. The highest BCUT2D eigenvalue weighted by Crippen LogP contribution is 2.26. The topological polar surface area (TPSA) is 58.4 Å². The molecule has 0 atom stereocenters. The van der Waals surface area contributed by atoms with E-state index in [9.17, 15) is 4.79 Å². The average Bonchev–Trinajstić information content (AvgIpc) is 2.58. The molecule has 0 unspecified atom stereocenters. The molecule has 1 aromatic rings. The van der Waals surface area contributed by atoms with Crippen LogP contribution in [0.1, 0.15) is 39.0 Å². The van der Waals surface area contributed by atoms with Crippen molar-refractivity contribution >= 4 is 17.9 Å². The second-order valence-electron chi connectivity index (χ2n) is 6.31. The second kappa shape index (κ2) is 7.29. The maximum atomic E-state index is 10.8. The molecule has 0 radical (unpaired) electrons. The molecule has 0 aliphatic rings. The van der Waals surface area contributed by atoms with E-state index in [2.05, 4.69) is 37.7 Å². The third-order valence-electron chi connectivity index (χ3n) is 3.10. The van der Waals surface area contributed by atoms with E-state index in [-0.39, 0.29) is 0 Å². The van der Waals surface area contributed by atoms with Crippen LogP contribution in [-0.2, 0) is 11.8 Å². The van der Waals surface area contributed by atoms with Crippen molar-refractivity contribution < 1.29 is 9.90 Å². The lowest BCUT2D eigenvalue weighted by Crippen LogP contribution is -2.33. The Hall–Kier alpha value is -1.78. The van der Waals surface area contributed by atoms with Crippen molar-refractivity contribution in [1.82, 2.24) is 9.78 Å². The summed E-state index contributed by atoms with van der Waals surface area (Å²) in [6.07, 6.45) is 2.82. The Morgan fingerprint density at radius 2 is 1.81 bits per heavy atom. The number of carboxylic acids is 1. The third kappa shape index (κ3) is 4.92. The Bertz CT molecular complexity index is 506. The minimum absolute atomic E-state index is 0.523. The summed E-state index contributed by atoms with van der Waals surface area (Å²) >= 11 is 0. The van der Waals surface area contributed by atoms with Gasteiger partial charge in [0.25, 0.3) is 0 Å². The Labute approximate surface area is 127 Å². The molecular formula is C16H27N3O2. The minimum atomic E-state index is -0.941. The Morgan fingerprint density at radius 3 is 2.24 bits per heavy atom. The highest BCUT2D eigenvalue weighted by Gasteiger charge is 2.19. The fourth-order valence-electron chi connectivity index (χ4n) is 2.52. The molecule has 0 spiro atoms. The maximum absolute atomic E-state index is 10.8. The van der Waals surface area contributed by atoms with Crippen LogP contribution in [0.2, 0.25) is 0 Å². The number of nitrogens with zero attached hydrogens (tertiary/aromatic N) is 3. The molecule has 21 heavy (non-hydrogen) atoms. The lowest BCUT2D eigenvalue weighted by molar-refractivity contribution is -0.131. The van der Waals surface area contributed by atoms with Gasteiger partial charge in [-0.15, -0.1) is 0 Å². The van der Waals surface area contributed by atoms with Gasteiger partial charge in [-0.05, 0) is 24.8 Å². The van der Waals surface area contributed by atoms with E-state index in [4.69, 9.17) is 5.11 Å². The van der Waals surface area contributed by atoms with Gasteiger partial charge in [-0.25, -0.2) is 4.79 Å². The van der Waals surface area contributed by atoms with Crippen molar-refractivity contribution in [1.29, 1.82) is 0 Å². The molecule has 5 heteroatoms. The smallest absolute Gasteiger partial charge is 0.328 e. The van der Waals surface area contributed by atoms with Crippen molar-refractivity contribution in [3.05, 3.63) is 17.3 Å². The monoisotopic (exact) mass is 293 g/mol. The first-order chi connectivity index (χ1) is 9.72. The number of anilines is 1. The average molecular weight is 293 g/mol. The molecule has 118 valence electrons. The Morgan fingerprint density at radius 1 is 1.29 bits per heavy atom. The van der Waals surface area contributed by atoms with E-state index in [0.29, 0.717) is 11.8 Å². The second-order valence-corrected chi connectivity index (χ2v) is 6.31. The molecule has 1 N–H and O–H groups in total. The molecule has 0 bridgehead atoms. The summed E-state index contributed by atoms with van der Waals surface area (Å²) in [6, 6.07) is 0. The molecule has 5 nitrogen and oxygen atoms in total. The van der Waals surface area contributed by atoms with Gasteiger partial charge < -0.3 is 10.0 Å². The molecule has 0 amide bonds. The van der Waals surface area contributed by atoms with Crippen LogP contribution in [0.5, 0.6) is 0 Å². The summed E-state index contributed by atoms with van der Waals surface area (Å²) in [4.78, 5) is 13.1. The fraction of sp³-hybridized carbons (Fsp3) is 0.625. The van der Waals surface area contributed by atoms with Crippen LogP contribution in [0.15, 0.2) is 6.08 Å². The largest absolute Gasteiger partial charge is 0.478 e. The minimum Gasteiger partial charge on any atom is -0.478 e. The van der Waals surface area contributed by atoms with Gasteiger partial charge in [0.2, 0.25) is 0 Å². The summed E-state index contributed by atoms with van der Waals surface area (Å²) in [7, 11) is 1.91. The number of rotatable bonds is 7. The van der Waals surface area contributed by atoms with Gasteiger partial charge in [0.1, 0.15) is 5.82 Å². The molecular weight excluding hydrogens is 266 g/mol. The first-order valence-electron chi connectivity index (χ1n) is 7.41. The summed E-state index contributed by atoms with van der Waals surface area (Å²) in [6.45, 7) is 12.5. The molecule has 0 aliphatic carbocycles. The van der Waals surface area contributed by atoms with Crippen molar-refractivity contribution in [3.8, 4) is 0 Å². The normalized spacial score (nSPS) is 11.8. The molecule has 1 aromatic heterocycles. The van der Waals surface area contributed by atoms with Gasteiger partial charge in [0.05, 0.1) is 5.69 Å². The van der Waals surface area contributed by atoms with E-state index in [1.807, 2.05) is 18.7 Å². The standard InChI is InChI=1S/C16H27N3O2/c1-11(2)9-19(10-12(3)4)16-14(7-8-15(20)21)13(5)17-18(16)6/h7-8,11-12H,9-10H2,1-6H3,(H,20,21). The van der Waals surface area contributed by atoms with Gasteiger partial charge in [0.15, 0.2) is 0 Å². The van der Waals surface area contributed by atoms with E-state index in [1.165, 1.54) is 6.08 Å². The van der Waals surface area contributed by atoms with Crippen LogP contribution in [0.4, 0.5) is 5.82 Å². The number of hydrogen-bond acceptors (Lipinski definition) is 3. The van der Waals surface area contributed by atoms with Gasteiger partial charge in [-0.3, -0.25) is 4.68 Å². The predicted octanol–water partition coefficient (Wildman–Crippen LogP) is 2.94. The lowest BCUT2D eigenvalue weighted by Gasteiger charge is -2.29. The summed E-state index contributed by atoms with van der Waals surface area (Å²) < 4.78 is 1.85. The van der Waals surface area contributed by atoms with Crippen LogP contribution in [0, 0.1) is 18.8 Å². The Balaban J connectivity index is 3.25. The van der Waals surface area contributed by atoms with Gasteiger partial charge >= 0.3 is 5.97 Å². The van der Waals surface area contributed by atoms with E-state index in [0.717, 1.165) is 30.2 Å². The summed E-state index contributed by atoms with van der Waals surface area (Å²) in [5.74, 6) is 1.10. The van der Waals surface area contributed by atoms with Crippen LogP contribution >= 0.6 is 0 Å². The van der Waals surface area contributed by atoms with E-state index in [1.54, 1.807) is 6.08 Å². The van der Waals surface area contributed by atoms with Crippen LogP contribution in [0.3, 0.4) is 0 Å². The van der Waals surface area contributed by atoms with Crippen molar-refractivity contribution in [2.45, 2.75) is 34.6 Å². The first kappa shape index (κ1) is 17.3. The van der Waals surface area contributed by atoms with E-state index >= 15 is 0 Å². The van der Waals surface area contributed by atoms with Gasteiger partial charge in [-0.1, -0.05) is 27.7 Å². The molecule has 0 saturated heterocycles. The Kier molecular flexibility index (Phi) is 6.00. The van der Waals surface area contributed by atoms with Gasteiger partial charge in [0, 0.05) is 31.8 Å². The zero-order valence-corrected chi connectivity index (χ0v) is 13.9. The lowest BCUT2D eigenvalue weighted by atomic mass is 10.1. The van der Waals surface area contributed by atoms with Crippen LogP contribution in [-0.4, -0.2) is 33.9 Å². The number of carboxylic acid groups (broad SMARTS) is 1. The molecule has 0 saturated carbocycles. The van der Waals surface area contributed by atoms with Gasteiger partial charge in [-0.2, -0.15) is 5.10 Å². The quantitative estimate of drug-likeness (QED) is 0.785. The fourth-order valence-corrected chi connectivity index (χ4v) is 2.52. The summed E-state index contributed by atoms with van der Waals surface area (Å²) in [5.41, 5.74) is 1.74. The first-order valence-corrected chi connectivity index (χ1v) is 7.41. The van der Waals surface area contributed by atoms with Crippen molar-refractivity contribution in [2.24, 2.45) is 18.9 Å². The molecule has 0 aliphatic heterocycles. The van der Waals surface area contributed by atoms with E-state index < -0.39 is 5.97 Å². The highest BCUT2D eigenvalue weighted by atomic mass is 16.4. The molecule has 0 fully saturated rings. The van der Waals surface area contributed by atoms with Crippen molar-refractivity contribution in [3.63, 3.8) is 0 Å². The number of aromatic nitrogens is 2. The number of hydrogen-bond donors (Lipinski definition) is 1. The predicted molar refractivity (Wildman–Crippen MR) is 86.5 cm³/mol. The SMILES string of the molecule is Cc1nn(C)c(N(CC(C)C)CC(C)C)c1C=CC(=O)O. The zero-order valence-electron chi connectivity index (χ0n) is 13.9. The van der Waals surface area contributed by atoms with Crippen molar-refractivity contribution in [2.75, 3.05) is 18.0 Å². The maximum Gasteiger partial charge on any atom is 0.328 e. The molecule has 1 rings (SSSR count). The molecule has 1 heterocycles. The number of aliphatic carboxylic acids is 1.